The van der Waals surface area contributed by atoms with Crippen LogP contribution in [-0.2, 0) is 4.79 Å². The van der Waals surface area contributed by atoms with E-state index in [9.17, 15) is 9.90 Å². The lowest BCUT2D eigenvalue weighted by molar-refractivity contribution is -0.139. The highest BCUT2D eigenvalue weighted by atomic mass is 16.3. The maximum Gasteiger partial charge on any atom is 0.242 e. The first-order valence-electron chi connectivity index (χ1n) is 5.94. The molecule has 0 rings (SSSR count). The summed E-state index contributed by atoms with van der Waals surface area (Å²) in [7, 11) is 0. The molecule has 0 aliphatic heterocycles. The molecule has 0 saturated carbocycles. The maximum atomic E-state index is 12.2. The van der Waals surface area contributed by atoms with Gasteiger partial charge >= 0.3 is 0 Å². The number of likely N-dealkylation sites (N-methyl/N-ethyl adjacent to an activating group) is 1. The summed E-state index contributed by atoms with van der Waals surface area (Å²) in [4.78, 5) is 13.8. The van der Waals surface area contributed by atoms with Gasteiger partial charge in [-0.2, -0.15) is 0 Å². The Balaban J connectivity index is 4.65. The number of aliphatic hydroxyl groups is 1. The van der Waals surface area contributed by atoms with E-state index in [2.05, 4.69) is 0 Å². The Hall–Kier alpha value is -0.610. The lowest BCUT2D eigenvalue weighted by atomic mass is 9.95. The molecule has 0 bridgehead atoms. The second-order valence-corrected chi connectivity index (χ2v) is 5.30. The van der Waals surface area contributed by atoms with Gasteiger partial charge < -0.3 is 15.7 Å². The lowest BCUT2D eigenvalue weighted by Crippen LogP contribution is -2.55. The monoisotopic (exact) mass is 230 g/mol. The van der Waals surface area contributed by atoms with Crippen LogP contribution >= 0.6 is 0 Å². The summed E-state index contributed by atoms with van der Waals surface area (Å²) >= 11 is 0. The third-order valence-corrected chi connectivity index (χ3v) is 2.50. The largest absolute Gasteiger partial charge is 0.389 e. The molecule has 16 heavy (non-hydrogen) atoms. The van der Waals surface area contributed by atoms with Crippen molar-refractivity contribution < 1.29 is 9.90 Å². The number of carbonyl (C=O) groups excluding carboxylic acids is 1. The smallest absolute Gasteiger partial charge is 0.242 e. The Morgan fingerprint density at radius 1 is 1.31 bits per heavy atom. The molecule has 0 aliphatic rings. The van der Waals surface area contributed by atoms with Crippen LogP contribution in [0.15, 0.2) is 0 Å². The summed E-state index contributed by atoms with van der Waals surface area (Å²) in [6.07, 6.45) is 1.53. The van der Waals surface area contributed by atoms with Crippen molar-refractivity contribution in [3.63, 3.8) is 0 Å². The van der Waals surface area contributed by atoms with Crippen molar-refractivity contribution in [1.82, 2.24) is 4.90 Å². The van der Waals surface area contributed by atoms with Crippen LogP contribution in [0.25, 0.3) is 0 Å². The fraction of sp³-hybridized carbons (Fsp3) is 0.917. The van der Waals surface area contributed by atoms with Gasteiger partial charge in [-0.25, -0.2) is 0 Å². The molecule has 0 aromatic carbocycles. The van der Waals surface area contributed by atoms with Gasteiger partial charge in [0.1, 0.15) is 0 Å². The van der Waals surface area contributed by atoms with Crippen molar-refractivity contribution in [2.75, 3.05) is 13.1 Å². The molecule has 0 fully saturated rings. The van der Waals surface area contributed by atoms with Crippen molar-refractivity contribution in [2.45, 2.75) is 58.6 Å². The van der Waals surface area contributed by atoms with Crippen molar-refractivity contribution in [2.24, 2.45) is 5.73 Å². The van der Waals surface area contributed by atoms with E-state index in [0.29, 0.717) is 19.5 Å². The second kappa shape index (κ2) is 5.64. The van der Waals surface area contributed by atoms with E-state index >= 15 is 0 Å². The summed E-state index contributed by atoms with van der Waals surface area (Å²) < 4.78 is 0. The molecule has 0 heterocycles. The minimum atomic E-state index is -0.881. The zero-order chi connectivity index (χ0) is 13.0. The highest BCUT2D eigenvalue weighted by Crippen LogP contribution is 2.15. The van der Waals surface area contributed by atoms with Crippen molar-refractivity contribution in [3.05, 3.63) is 0 Å². The van der Waals surface area contributed by atoms with Gasteiger partial charge in [-0.05, 0) is 34.1 Å². The first-order chi connectivity index (χ1) is 7.14. The van der Waals surface area contributed by atoms with Crippen molar-refractivity contribution in [1.29, 1.82) is 0 Å². The Labute approximate surface area is 98.8 Å². The van der Waals surface area contributed by atoms with E-state index in [-0.39, 0.29) is 5.91 Å². The van der Waals surface area contributed by atoms with Gasteiger partial charge in [0.15, 0.2) is 0 Å². The van der Waals surface area contributed by atoms with Gasteiger partial charge in [-0.3, -0.25) is 4.79 Å². The predicted molar refractivity (Wildman–Crippen MR) is 66.1 cm³/mol. The summed E-state index contributed by atoms with van der Waals surface area (Å²) in [5, 5.41) is 9.73. The van der Waals surface area contributed by atoms with Gasteiger partial charge in [0.05, 0.1) is 11.1 Å². The van der Waals surface area contributed by atoms with Crippen LogP contribution in [0, 0.1) is 0 Å². The summed E-state index contributed by atoms with van der Waals surface area (Å²) in [5.74, 6) is -0.0843. The fourth-order valence-electron chi connectivity index (χ4n) is 1.78. The molecule has 0 aromatic heterocycles. The van der Waals surface area contributed by atoms with Crippen LogP contribution in [0.4, 0.5) is 0 Å². The van der Waals surface area contributed by atoms with Crippen LogP contribution in [0.2, 0.25) is 0 Å². The first-order valence-corrected chi connectivity index (χ1v) is 5.94. The number of hydrogen-bond acceptors (Lipinski definition) is 3. The van der Waals surface area contributed by atoms with E-state index < -0.39 is 11.1 Å². The number of nitrogens with zero attached hydrogens (tertiary/aromatic N) is 1. The third-order valence-electron chi connectivity index (χ3n) is 2.50. The Morgan fingerprint density at radius 2 is 1.81 bits per heavy atom. The molecule has 1 unspecified atom stereocenters. The van der Waals surface area contributed by atoms with Crippen molar-refractivity contribution >= 4 is 5.91 Å². The molecule has 0 spiro atoms. The molecule has 4 heteroatoms. The number of carbonyl (C=O) groups is 1. The lowest BCUT2D eigenvalue weighted by Gasteiger charge is -2.34. The number of rotatable bonds is 6. The molecule has 4 nitrogen and oxygen atoms in total. The Morgan fingerprint density at radius 3 is 2.12 bits per heavy atom. The molecular weight excluding hydrogens is 204 g/mol. The maximum absolute atomic E-state index is 12.2. The zero-order valence-electron chi connectivity index (χ0n) is 11.2. The van der Waals surface area contributed by atoms with Crippen LogP contribution in [0.3, 0.4) is 0 Å². The molecule has 1 amide bonds. The molecule has 0 aliphatic carbocycles. The van der Waals surface area contributed by atoms with Crippen LogP contribution in [-0.4, -0.2) is 40.1 Å². The van der Waals surface area contributed by atoms with E-state index in [1.807, 2.05) is 13.8 Å². The van der Waals surface area contributed by atoms with Crippen LogP contribution in [0.1, 0.15) is 47.5 Å². The average molecular weight is 230 g/mol. The predicted octanol–water partition coefficient (Wildman–Crippen LogP) is 1.12. The van der Waals surface area contributed by atoms with Gasteiger partial charge in [0.2, 0.25) is 5.91 Å². The van der Waals surface area contributed by atoms with E-state index in [1.165, 1.54) is 0 Å². The Kier molecular flexibility index (Phi) is 5.42. The highest BCUT2D eigenvalue weighted by molar-refractivity contribution is 5.85. The topological polar surface area (TPSA) is 66.6 Å². The number of hydrogen-bond donors (Lipinski definition) is 2. The molecular formula is C12H26N2O2. The first kappa shape index (κ1) is 15.4. The summed E-state index contributed by atoms with van der Waals surface area (Å²) in [6, 6.07) is 0. The SMILES string of the molecule is CCCC(C)(N)C(=O)N(CC)CC(C)(C)O. The van der Waals surface area contributed by atoms with Gasteiger partial charge in [-0.15, -0.1) is 0 Å². The molecule has 1 atom stereocenters. The molecule has 0 saturated heterocycles. The number of nitrogens with two attached hydrogens (primary N) is 1. The van der Waals surface area contributed by atoms with E-state index in [4.69, 9.17) is 5.73 Å². The molecule has 3 N–H and O–H groups in total. The Bertz CT molecular complexity index is 232. The fourth-order valence-corrected chi connectivity index (χ4v) is 1.78. The molecule has 0 aromatic rings. The standard InChI is InChI=1S/C12H26N2O2/c1-6-8-12(5,13)10(15)14(7-2)9-11(3,4)16/h16H,6-9,13H2,1-5H3. The highest BCUT2D eigenvalue weighted by Gasteiger charge is 2.33. The van der Waals surface area contributed by atoms with Crippen LogP contribution in [0.5, 0.6) is 0 Å². The molecule has 0 radical (unpaired) electrons. The van der Waals surface area contributed by atoms with Gasteiger partial charge in [0, 0.05) is 13.1 Å². The minimum absolute atomic E-state index is 0.0843. The van der Waals surface area contributed by atoms with E-state index in [0.717, 1.165) is 6.42 Å². The third kappa shape index (κ3) is 4.94. The van der Waals surface area contributed by atoms with E-state index in [1.54, 1.807) is 25.7 Å². The average Bonchev–Trinajstić information content (AvgIpc) is 2.11. The minimum Gasteiger partial charge on any atom is -0.389 e. The summed E-state index contributed by atoms with van der Waals surface area (Å²) in [5.41, 5.74) is 4.29. The summed E-state index contributed by atoms with van der Waals surface area (Å²) in [6.45, 7) is 9.92. The zero-order valence-corrected chi connectivity index (χ0v) is 11.2. The van der Waals surface area contributed by atoms with Crippen LogP contribution < -0.4 is 5.73 Å². The quantitative estimate of drug-likeness (QED) is 0.718. The normalized spacial score (nSPS) is 15.7. The van der Waals surface area contributed by atoms with Crippen molar-refractivity contribution in [3.8, 4) is 0 Å². The second-order valence-electron chi connectivity index (χ2n) is 5.30. The number of amides is 1. The van der Waals surface area contributed by atoms with Gasteiger partial charge in [0.25, 0.3) is 0 Å². The molecule has 96 valence electrons. The van der Waals surface area contributed by atoms with Gasteiger partial charge in [-0.1, -0.05) is 13.3 Å².